The Morgan fingerprint density at radius 1 is 1.04 bits per heavy atom. The van der Waals surface area contributed by atoms with E-state index in [9.17, 15) is 4.79 Å². The number of hydrogen-bond acceptors (Lipinski definition) is 4. The lowest BCUT2D eigenvalue weighted by atomic mass is 10.2. The summed E-state index contributed by atoms with van der Waals surface area (Å²) in [6.45, 7) is 2.02. The number of thiazole rings is 1. The van der Waals surface area contributed by atoms with Crippen LogP contribution < -0.4 is 0 Å². The van der Waals surface area contributed by atoms with Crippen LogP contribution in [0.2, 0.25) is 5.02 Å². The zero-order valence-electron chi connectivity index (χ0n) is 15.4. The Balaban J connectivity index is 1.79. The molecule has 4 nitrogen and oxygen atoms in total. The van der Waals surface area contributed by atoms with E-state index in [1.54, 1.807) is 0 Å². The third-order valence-electron chi connectivity index (χ3n) is 4.14. The predicted octanol–water partition coefficient (Wildman–Crippen LogP) is 4.67. The van der Waals surface area contributed by atoms with Crippen LogP contribution in [-0.4, -0.2) is 47.9 Å². The van der Waals surface area contributed by atoms with Crippen molar-refractivity contribution in [1.29, 1.82) is 0 Å². The molecule has 3 rings (SSSR count). The minimum atomic E-state index is -0.0443. The summed E-state index contributed by atoms with van der Waals surface area (Å²) in [5.74, 6) is -0.0443. The first-order valence-corrected chi connectivity index (χ1v) is 9.98. The van der Waals surface area contributed by atoms with Crippen LogP contribution in [0.15, 0.2) is 60.0 Å². The summed E-state index contributed by atoms with van der Waals surface area (Å²) < 4.78 is 0. The molecule has 27 heavy (non-hydrogen) atoms. The van der Waals surface area contributed by atoms with Crippen LogP contribution in [-0.2, 0) is 6.54 Å². The number of hydrogen-bond donors (Lipinski definition) is 0. The summed E-state index contributed by atoms with van der Waals surface area (Å²) in [7, 11) is 4.01. The maximum atomic E-state index is 13.1. The molecular formula is C21H22ClN3OS. The van der Waals surface area contributed by atoms with Crippen molar-refractivity contribution < 1.29 is 4.79 Å². The summed E-state index contributed by atoms with van der Waals surface area (Å²) in [6.07, 6.45) is 0. The van der Waals surface area contributed by atoms with Gasteiger partial charge in [-0.3, -0.25) is 4.79 Å². The molecule has 1 amide bonds. The van der Waals surface area contributed by atoms with Gasteiger partial charge in [-0.15, -0.1) is 11.3 Å². The Morgan fingerprint density at radius 2 is 1.74 bits per heavy atom. The average Bonchev–Trinajstić information content (AvgIpc) is 3.16. The van der Waals surface area contributed by atoms with Gasteiger partial charge in [-0.25, -0.2) is 4.98 Å². The zero-order valence-corrected chi connectivity index (χ0v) is 17.0. The second-order valence-electron chi connectivity index (χ2n) is 6.56. The Labute approximate surface area is 169 Å². The molecule has 0 aliphatic rings. The fourth-order valence-corrected chi connectivity index (χ4v) is 3.56. The number of nitrogens with zero attached hydrogens (tertiary/aromatic N) is 3. The smallest absolute Gasteiger partial charge is 0.273 e. The molecule has 1 aromatic heterocycles. The van der Waals surface area contributed by atoms with Gasteiger partial charge in [0.05, 0.1) is 0 Å². The maximum Gasteiger partial charge on any atom is 0.273 e. The first-order chi connectivity index (χ1) is 13.0. The van der Waals surface area contributed by atoms with Crippen molar-refractivity contribution in [3.05, 3.63) is 76.3 Å². The molecule has 0 aliphatic carbocycles. The standard InChI is InChI=1S/C21H22ClN3OS/c1-24(2)12-13-25(14-16-6-4-3-5-7-16)21(26)19-15-27-20(23-19)17-8-10-18(22)11-9-17/h3-11,15H,12-14H2,1-2H3. The van der Waals surface area contributed by atoms with E-state index < -0.39 is 0 Å². The van der Waals surface area contributed by atoms with E-state index in [0.717, 1.165) is 22.7 Å². The van der Waals surface area contributed by atoms with Crippen molar-refractivity contribution >= 4 is 28.8 Å². The third kappa shape index (κ3) is 5.39. The van der Waals surface area contributed by atoms with Crippen LogP contribution in [0.3, 0.4) is 0 Å². The highest BCUT2D eigenvalue weighted by molar-refractivity contribution is 7.13. The van der Waals surface area contributed by atoms with Crippen molar-refractivity contribution in [2.45, 2.75) is 6.54 Å². The summed E-state index contributed by atoms with van der Waals surface area (Å²) >= 11 is 7.42. The van der Waals surface area contributed by atoms with E-state index in [4.69, 9.17) is 11.6 Å². The number of carbonyl (C=O) groups is 1. The first-order valence-electron chi connectivity index (χ1n) is 8.72. The average molecular weight is 400 g/mol. The maximum absolute atomic E-state index is 13.1. The van der Waals surface area contributed by atoms with Crippen molar-refractivity contribution in [2.24, 2.45) is 0 Å². The second kappa shape index (κ2) is 9.13. The summed E-state index contributed by atoms with van der Waals surface area (Å²) in [5, 5.41) is 3.34. The molecule has 0 saturated heterocycles. The molecule has 0 radical (unpaired) electrons. The highest BCUT2D eigenvalue weighted by atomic mass is 35.5. The van der Waals surface area contributed by atoms with Crippen molar-refractivity contribution in [3.63, 3.8) is 0 Å². The molecule has 0 unspecified atom stereocenters. The molecule has 0 saturated carbocycles. The molecule has 2 aromatic carbocycles. The topological polar surface area (TPSA) is 36.4 Å². The summed E-state index contributed by atoms with van der Waals surface area (Å²) in [6, 6.07) is 17.5. The van der Waals surface area contributed by atoms with E-state index in [1.165, 1.54) is 11.3 Å². The highest BCUT2D eigenvalue weighted by Gasteiger charge is 2.19. The van der Waals surface area contributed by atoms with Crippen molar-refractivity contribution in [1.82, 2.24) is 14.8 Å². The van der Waals surface area contributed by atoms with Gasteiger partial charge in [-0.1, -0.05) is 54.1 Å². The number of amides is 1. The highest BCUT2D eigenvalue weighted by Crippen LogP contribution is 2.25. The molecule has 6 heteroatoms. The van der Waals surface area contributed by atoms with Crippen LogP contribution in [0.4, 0.5) is 0 Å². The number of halogens is 1. The van der Waals surface area contributed by atoms with E-state index in [2.05, 4.69) is 9.88 Å². The molecule has 0 bridgehead atoms. The second-order valence-corrected chi connectivity index (χ2v) is 7.85. The minimum absolute atomic E-state index is 0.0443. The normalized spacial score (nSPS) is 11.0. The number of carbonyl (C=O) groups excluding carboxylic acids is 1. The fourth-order valence-electron chi connectivity index (χ4n) is 2.64. The number of rotatable bonds is 7. The molecular weight excluding hydrogens is 378 g/mol. The van der Waals surface area contributed by atoms with Gasteiger partial charge in [-0.2, -0.15) is 0 Å². The van der Waals surface area contributed by atoms with Gasteiger partial charge < -0.3 is 9.80 Å². The van der Waals surface area contributed by atoms with Crippen LogP contribution in [0.1, 0.15) is 16.1 Å². The van der Waals surface area contributed by atoms with Gasteiger partial charge in [0.2, 0.25) is 0 Å². The zero-order chi connectivity index (χ0) is 19.2. The molecule has 0 atom stereocenters. The quantitative estimate of drug-likeness (QED) is 0.579. The Morgan fingerprint density at radius 3 is 2.41 bits per heavy atom. The summed E-state index contributed by atoms with van der Waals surface area (Å²) in [5.41, 5.74) is 2.56. The van der Waals surface area contributed by atoms with E-state index >= 15 is 0 Å². The molecule has 1 heterocycles. The SMILES string of the molecule is CN(C)CCN(Cc1ccccc1)C(=O)c1csc(-c2ccc(Cl)cc2)n1. The van der Waals surface area contributed by atoms with Gasteiger partial charge in [0.15, 0.2) is 0 Å². The van der Waals surface area contributed by atoms with Crippen molar-refractivity contribution in [2.75, 3.05) is 27.2 Å². The Kier molecular flexibility index (Phi) is 6.61. The van der Waals surface area contributed by atoms with E-state index in [-0.39, 0.29) is 5.91 Å². The van der Waals surface area contributed by atoms with Gasteiger partial charge in [0, 0.05) is 35.6 Å². The third-order valence-corrected chi connectivity index (χ3v) is 5.28. The summed E-state index contributed by atoms with van der Waals surface area (Å²) in [4.78, 5) is 21.6. The van der Waals surface area contributed by atoms with E-state index in [1.807, 2.05) is 79.0 Å². The lowest BCUT2D eigenvalue weighted by Crippen LogP contribution is -2.36. The monoisotopic (exact) mass is 399 g/mol. The van der Waals surface area contributed by atoms with Gasteiger partial charge in [-0.05, 0) is 31.8 Å². The Hall–Kier alpha value is -2.21. The molecule has 3 aromatic rings. The fraction of sp³-hybridized carbons (Fsp3) is 0.238. The predicted molar refractivity (Wildman–Crippen MR) is 112 cm³/mol. The van der Waals surface area contributed by atoms with E-state index in [0.29, 0.717) is 23.8 Å². The minimum Gasteiger partial charge on any atom is -0.332 e. The molecule has 140 valence electrons. The number of aromatic nitrogens is 1. The van der Waals surface area contributed by atoms with Gasteiger partial charge in [0.1, 0.15) is 10.7 Å². The van der Waals surface area contributed by atoms with Gasteiger partial charge in [0.25, 0.3) is 5.91 Å². The molecule has 0 N–H and O–H groups in total. The molecule has 0 aliphatic heterocycles. The van der Waals surface area contributed by atoms with Crippen LogP contribution >= 0.6 is 22.9 Å². The first kappa shape index (κ1) is 19.5. The number of benzene rings is 2. The van der Waals surface area contributed by atoms with Crippen LogP contribution in [0, 0.1) is 0 Å². The number of likely N-dealkylation sites (N-methyl/N-ethyl adjacent to an activating group) is 1. The molecule has 0 spiro atoms. The lowest BCUT2D eigenvalue weighted by Gasteiger charge is -2.24. The lowest BCUT2D eigenvalue weighted by molar-refractivity contribution is 0.0727. The Bertz CT molecular complexity index is 878. The van der Waals surface area contributed by atoms with Crippen LogP contribution in [0.25, 0.3) is 10.6 Å². The van der Waals surface area contributed by atoms with Crippen molar-refractivity contribution in [3.8, 4) is 10.6 Å². The molecule has 0 fully saturated rings. The van der Waals surface area contributed by atoms with Gasteiger partial charge >= 0.3 is 0 Å². The largest absolute Gasteiger partial charge is 0.332 e. The van der Waals surface area contributed by atoms with Crippen LogP contribution in [0.5, 0.6) is 0 Å².